The number of ether oxygens (including phenoxy) is 1. The molecule has 0 radical (unpaired) electrons. The number of aromatic nitrogens is 1. The molecule has 10 heteroatoms. The Kier molecular flexibility index (Phi) is 10.5. The van der Waals surface area contributed by atoms with E-state index in [9.17, 15) is 14.0 Å². The van der Waals surface area contributed by atoms with Crippen molar-refractivity contribution < 1.29 is 28.2 Å². The van der Waals surface area contributed by atoms with Crippen LogP contribution in [0.3, 0.4) is 0 Å². The van der Waals surface area contributed by atoms with Crippen LogP contribution in [0.4, 0.5) is 20.6 Å². The molecule has 1 aromatic carbocycles. The minimum Gasteiger partial charge on any atom is -0.449 e. The third-order valence-corrected chi connectivity index (χ3v) is 4.94. The number of furan rings is 1. The Morgan fingerprint density at radius 1 is 1.31 bits per heavy atom. The summed E-state index contributed by atoms with van der Waals surface area (Å²) in [6.07, 6.45) is 4.35. The summed E-state index contributed by atoms with van der Waals surface area (Å²) in [6.45, 7) is 9.16. The number of primary amides is 1. The maximum absolute atomic E-state index is 14.0. The fraction of sp³-hybridized carbons (Fsp3) is 0.400. The third kappa shape index (κ3) is 7.41. The van der Waals surface area contributed by atoms with Crippen LogP contribution in [-0.4, -0.2) is 52.8 Å². The number of nitrogens with two attached hydrogens (primary N) is 1. The van der Waals surface area contributed by atoms with Gasteiger partial charge >= 0.3 is 6.09 Å². The largest absolute Gasteiger partial charge is 0.449 e. The summed E-state index contributed by atoms with van der Waals surface area (Å²) >= 11 is 0. The molecule has 0 aliphatic carbocycles. The average molecular weight is 489 g/mol. The molecule has 4 rings (SSSR count). The van der Waals surface area contributed by atoms with Gasteiger partial charge in [-0.1, -0.05) is 33.3 Å². The number of halogens is 1. The monoisotopic (exact) mass is 488 g/mol. The minimum absolute atomic E-state index is 0.0574. The summed E-state index contributed by atoms with van der Waals surface area (Å²) in [4.78, 5) is 28.0. The van der Waals surface area contributed by atoms with E-state index in [-0.39, 0.29) is 23.6 Å². The van der Waals surface area contributed by atoms with Gasteiger partial charge in [-0.05, 0) is 37.1 Å². The van der Waals surface area contributed by atoms with Gasteiger partial charge in [-0.3, -0.25) is 9.78 Å². The van der Waals surface area contributed by atoms with Crippen molar-refractivity contribution >= 4 is 34.3 Å². The lowest BCUT2D eigenvalue weighted by atomic mass is 10.2. The van der Waals surface area contributed by atoms with Gasteiger partial charge in [0.25, 0.3) is 5.91 Å². The second-order valence-corrected chi connectivity index (χ2v) is 7.68. The van der Waals surface area contributed by atoms with Crippen LogP contribution < -0.4 is 11.1 Å². The van der Waals surface area contributed by atoms with Crippen LogP contribution in [0.5, 0.6) is 0 Å². The number of benzene rings is 1. The van der Waals surface area contributed by atoms with Gasteiger partial charge < -0.3 is 30.2 Å². The van der Waals surface area contributed by atoms with Crippen LogP contribution in [0.2, 0.25) is 0 Å². The van der Waals surface area contributed by atoms with E-state index in [0.717, 1.165) is 18.4 Å². The predicted octanol–water partition coefficient (Wildman–Crippen LogP) is 4.74. The van der Waals surface area contributed by atoms with Crippen LogP contribution in [0.15, 0.2) is 41.1 Å². The number of anilines is 2. The Hall–Kier alpha value is -3.66. The number of carbonyl (C=O) groups excluding carboxylic acids is 2. The molecule has 1 aliphatic rings. The number of β-amino-alcohol motifs (C(OH)–C–C–N with tert-alkyl or cyclic N) is 1. The number of carbonyl (C=O) groups is 2. The van der Waals surface area contributed by atoms with Crippen molar-refractivity contribution in [2.24, 2.45) is 5.73 Å². The van der Waals surface area contributed by atoms with Crippen LogP contribution in [-0.2, 0) is 4.74 Å². The number of aliphatic hydroxyl groups is 1. The second-order valence-electron chi connectivity index (χ2n) is 7.68. The van der Waals surface area contributed by atoms with Crippen molar-refractivity contribution in [1.29, 1.82) is 0 Å². The molecule has 35 heavy (non-hydrogen) atoms. The zero-order chi connectivity index (χ0) is 26.0. The van der Waals surface area contributed by atoms with Gasteiger partial charge in [0, 0.05) is 12.4 Å². The Morgan fingerprint density at radius 2 is 2.03 bits per heavy atom. The van der Waals surface area contributed by atoms with E-state index in [1.54, 1.807) is 25.1 Å². The first kappa shape index (κ1) is 27.6. The summed E-state index contributed by atoms with van der Waals surface area (Å²) in [5.41, 5.74) is 7.10. The average Bonchev–Trinajstić information content (AvgIpc) is 3.19. The SMILES string of the molecule is CC.CCCCOC(=O)N1CC(O)C1.Cc1ccc(Nc2c(C(N)=O)oc3ccncc23)c(F)c1. The summed E-state index contributed by atoms with van der Waals surface area (Å²) in [5.74, 6) is -1.22. The number of rotatable bonds is 6. The quantitative estimate of drug-likeness (QED) is 0.427. The Labute approximate surface area is 204 Å². The highest BCUT2D eigenvalue weighted by atomic mass is 19.1. The number of fused-ring (bicyclic) bond motifs is 1. The first-order chi connectivity index (χ1) is 16.8. The van der Waals surface area contributed by atoms with E-state index < -0.39 is 11.7 Å². The lowest BCUT2D eigenvalue weighted by Gasteiger charge is -2.34. The molecule has 0 unspecified atom stereocenters. The summed E-state index contributed by atoms with van der Waals surface area (Å²) in [6, 6.07) is 6.35. The number of hydrogen-bond donors (Lipinski definition) is 3. The number of aryl methyl sites for hydroxylation is 1. The van der Waals surface area contributed by atoms with Gasteiger partial charge in [0.1, 0.15) is 17.1 Å². The van der Waals surface area contributed by atoms with Gasteiger partial charge in [0.05, 0.1) is 36.9 Å². The number of likely N-dealkylation sites (tertiary alicyclic amines) is 1. The number of hydrogen-bond acceptors (Lipinski definition) is 7. The van der Waals surface area contributed by atoms with Crippen molar-refractivity contribution in [3.05, 3.63) is 53.8 Å². The zero-order valence-electron chi connectivity index (χ0n) is 20.5. The standard InChI is InChI=1S/C15H12FN3O2.C8H15NO3.C2H6/c1-8-2-3-11(10(16)6-8)19-13-9-7-18-5-4-12(9)21-14(13)15(17)20;1-2-3-4-12-8(11)9-5-7(10)6-9;1-2/h2-7,19H,1H3,(H2,17,20);7,10H,2-6H2,1H3;1-2H3. The number of pyridine rings is 1. The van der Waals surface area contributed by atoms with Gasteiger partial charge in [-0.25, -0.2) is 9.18 Å². The van der Waals surface area contributed by atoms with Crippen molar-refractivity contribution in [2.75, 3.05) is 25.0 Å². The highest BCUT2D eigenvalue weighted by Gasteiger charge is 2.29. The van der Waals surface area contributed by atoms with Crippen LogP contribution >= 0.6 is 0 Å². The predicted molar refractivity (Wildman–Crippen MR) is 132 cm³/mol. The van der Waals surface area contributed by atoms with E-state index >= 15 is 0 Å². The number of nitrogens with zero attached hydrogens (tertiary/aromatic N) is 2. The smallest absolute Gasteiger partial charge is 0.409 e. The van der Waals surface area contributed by atoms with Gasteiger partial charge in [-0.2, -0.15) is 0 Å². The molecular formula is C25H33FN4O5. The summed E-state index contributed by atoms with van der Waals surface area (Å²) in [5, 5.41) is 12.3. The minimum atomic E-state index is -0.735. The normalized spacial score (nSPS) is 12.6. The molecule has 9 nitrogen and oxygen atoms in total. The molecule has 1 fully saturated rings. The molecule has 0 saturated carbocycles. The maximum Gasteiger partial charge on any atom is 0.409 e. The molecule has 0 atom stereocenters. The number of unbranched alkanes of at least 4 members (excludes halogenated alkanes) is 1. The lowest BCUT2D eigenvalue weighted by Crippen LogP contribution is -2.53. The second kappa shape index (κ2) is 13.3. The fourth-order valence-electron chi connectivity index (χ4n) is 3.10. The first-order valence-corrected chi connectivity index (χ1v) is 11.6. The van der Waals surface area contributed by atoms with Crippen LogP contribution in [0, 0.1) is 12.7 Å². The molecule has 4 N–H and O–H groups in total. The number of amides is 2. The maximum atomic E-state index is 14.0. The molecule has 0 spiro atoms. The first-order valence-electron chi connectivity index (χ1n) is 11.6. The molecule has 0 bridgehead atoms. The van der Waals surface area contributed by atoms with E-state index in [1.165, 1.54) is 23.4 Å². The summed E-state index contributed by atoms with van der Waals surface area (Å²) < 4.78 is 24.3. The van der Waals surface area contributed by atoms with E-state index in [1.807, 2.05) is 20.8 Å². The highest BCUT2D eigenvalue weighted by Crippen LogP contribution is 2.33. The van der Waals surface area contributed by atoms with Gasteiger partial charge in [0.15, 0.2) is 0 Å². The Morgan fingerprint density at radius 3 is 2.63 bits per heavy atom. The van der Waals surface area contributed by atoms with Crippen molar-refractivity contribution in [1.82, 2.24) is 9.88 Å². The number of aliphatic hydroxyl groups excluding tert-OH is 1. The third-order valence-electron chi connectivity index (χ3n) is 4.94. The molecular weight excluding hydrogens is 455 g/mol. The van der Waals surface area contributed by atoms with E-state index in [0.29, 0.717) is 36.4 Å². The summed E-state index contributed by atoms with van der Waals surface area (Å²) in [7, 11) is 0. The van der Waals surface area contributed by atoms with E-state index in [4.69, 9.17) is 20.0 Å². The van der Waals surface area contributed by atoms with Gasteiger partial charge in [-0.15, -0.1) is 0 Å². The Balaban J connectivity index is 0.000000263. The molecule has 1 aliphatic heterocycles. The van der Waals surface area contributed by atoms with Crippen molar-refractivity contribution in [3.63, 3.8) is 0 Å². The molecule has 3 aromatic rings. The van der Waals surface area contributed by atoms with Crippen molar-refractivity contribution in [3.8, 4) is 0 Å². The van der Waals surface area contributed by atoms with Crippen LogP contribution in [0.25, 0.3) is 11.0 Å². The molecule has 3 heterocycles. The fourth-order valence-corrected chi connectivity index (χ4v) is 3.10. The van der Waals surface area contributed by atoms with E-state index in [2.05, 4.69) is 10.3 Å². The van der Waals surface area contributed by atoms with Gasteiger partial charge in [0.2, 0.25) is 5.76 Å². The molecule has 1 saturated heterocycles. The Bertz CT molecular complexity index is 1130. The number of nitrogens with one attached hydrogen (secondary N) is 1. The zero-order valence-corrected chi connectivity index (χ0v) is 20.5. The lowest BCUT2D eigenvalue weighted by molar-refractivity contribution is -0.00217. The van der Waals surface area contributed by atoms with Crippen LogP contribution in [0.1, 0.15) is 49.7 Å². The molecule has 2 aromatic heterocycles. The molecule has 190 valence electrons. The molecule has 2 amide bonds. The highest BCUT2D eigenvalue weighted by molar-refractivity contribution is 6.06. The topological polar surface area (TPSA) is 131 Å². The van der Waals surface area contributed by atoms with Crippen molar-refractivity contribution in [2.45, 2.75) is 46.6 Å².